The number of halogens is 7. The number of aryl methyl sites for hydroxylation is 2. The summed E-state index contributed by atoms with van der Waals surface area (Å²) in [5.41, 5.74) is 19.2. The summed E-state index contributed by atoms with van der Waals surface area (Å²) in [6.07, 6.45) is 0.286. The number of ether oxygens (including phenoxy) is 1. The standard InChI is InChI=1S/C17H26O2.C13H18FN.C11H10F3N.C11H16O2S.2C10H12FNO.C10H13FO2S.CH4/c1-12(2)15-11-13(3)7-8-14(15)9-10-16(18)19-17(4,5)6;1-10(2)11-7-12(14)9-13(8-11)15-5-3-4-6-15;1-7(2)9-5-4-8(11(12,13)14)6-10(9)15-3;1-4-14(12,13)11-8-6-5-7-10(11)9(2)3;1-6(2)7-3-8(10(12)13)5-9(11)4-7;1-6(2)8-4-3-7(11)5-9(8)10(12)13;1-7(2)8-5-4-6-9(10(8)11)14(3,12)13;/h7-8,11-12H,9-10H2,1-6H3;7-10H,3-6H2,1-2H3;4-7H,1-2H3;5-9H,4H2,1-3H3;2*3-6H,1-2H3,(H2,12,13);4-7H,1-3H3;1H4. The number of anilines is 1. The molecule has 7 aromatic rings. The van der Waals surface area contributed by atoms with Gasteiger partial charge >= 0.3 is 12.1 Å². The van der Waals surface area contributed by atoms with E-state index >= 15 is 0 Å². The van der Waals surface area contributed by atoms with E-state index < -0.39 is 66.3 Å². The van der Waals surface area contributed by atoms with Crippen molar-refractivity contribution in [1.82, 2.24) is 0 Å². The first kappa shape index (κ1) is 93.7. The molecule has 21 heteroatoms. The number of alkyl halides is 3. The lowest BCUT2D eigenvalue weighted by Crippen LogP contribution is -2.24. The Hall–Kier alpha value is -8.35. The number of amides is 2. The van der Waals surface area contributed by atoms with Crippen molar-refractivity contribution in [2.75, 3.05) is 30.0 Å². The third-order valence-electron chi connectivity index (χ3n) is 16.1. The molecule has 1 aliphatic heterocycles. The molecule has 1 heterocycles. The maximum Gasteiger partial charge on any atom is 0.415 e. The zero-order valence-electron chi connectivity index (χ0n) is 63.5. The van der Waals surface area contributed by atoms with Gasteiger partial charge in [-0.15, -0.1) is 0 Å². The molecule has 0 radical (unpaired) electrons. The van der Waals surface area contributed by atoms with Crippen molar-refractivity contribution in [2.24, 2.45) is 11.5 Å². The summed E-state index contributed by atoms with van der Waals surface area (Å²) in [5.74, 6) is -1.21. The number of nitrogens with zero attached hydrogens (tertiary/aromatic N) is 2. The van der Waals surface area contributed by atoms with E-state index in [4.69, 9.17) is 22.8 Å². The largest absolute Gasteiger partial charge is 0.460 e. The summed E-state index contributed by atoms with van der Waals surface area (Å²) >= 11 is 0. The van der Waals surface area contributed by atoms with Crippen LogP contribution in [0.1, 0.15) is 269 Å². The molecule has 0 bridgehead atoms. The summed E-state index contributed by atoms with van der Waals surface area (Å²) in [7, 11) is -6.54. The van der Waals surface area contributed by atoms with Crippen LogP contribution in [0.15, 0.2) is 143 Å². The van der Waals surface area contributed by atoms with Crippen molar-refractivity contribution in [3.8, 4) is 0 Å². The highest BCUT2D eigenvalue weighted by Gasteiger charge is 2.31. The van der Waals surface area contributed by atoms with Gasteiger partial charge in [-0.3, -0.25) is 14.4 Å². The van der Waals surface area contributed by atoms with Crippen molar-refractivity contribution >= 4 is 48.8 Å². The summed E-state index contributed by atoms with van der Waals surface area (Å²) in [5, 5.41) is 0. The molecule has 0 atom stereocenters. The number of sulfone groups is 2. The molecule has 8 rings (SSSR count). The normalized spacial score (nSPS) is 12.0. The predicted octanol–water partition coefficient (Wildman–Crippen LogP) is 22.0. The lowest BCUT2D eigenvalue weighted by atomic mass is 9.93. The van der Waals surface area contributed by atoms with Crippen molar-refractivity contribution in [3.05, 3.63) is 235 Å². The van der Waals surface area contributed by atoms with E-state index in [-0.39, 0.29) is 76.3 Å². The maximum atomic E-state index is 13.6. The number of primary amides is 2. The maximum absolute atomic E-state index is 13.6. The van der Waals surface area contributed by atoms with Crippen molar-refractivity contribution in [2.45, 2.75) is 228 Å². The molecule has 1 fully saturated rings. The van der Waals surface area contributed by atoms with Gasteiger partial charge in [-0.25, -0.2) is 39.2 Å². The first-order valence-electron chi connectivity index (χ1n) is 34.5. The zero-order chi connectivity index (χ0) is 78.8. The van der Waals surface area contributed by atoms with Gasteiger partial charge < -0.3 is 21.1 Å². The van der Waals surface area contributed by atoms with E-state index in [0.29, 0.717) is 34.3 Å². The number of nitrogens with two attached hydrogens (primary N) is 2. The molecule has 4 N–H and O–H groups in total. The van der Waals surface area contributed by atoms with Crippen molar-refractivity contribution in [1.29, 1.82) is 0 Å². The van der Waals surface area contributed by atoms with E-state index in [9.17, 15) is 62.0 Å². The molecule has 0 unspecified atom stereocenters. The van der Waals surface area contributed by atoms with Gasteiger partial charge in [0.05, 0.1) is 17.2 Å². The summed E-state index contributed by atoms with van der Waals surface area (Å²) in [6, 6.07) is 35.1. The van der Waals surface area contributed by atoms with Crippen LogP contribution in [0, 0.1) is 36.8 Å². The Morgan fingerprint density at radius 3 is 1.53 bits per heavy atom. The molecule has 12 nitrogen and oxygen atoms in total. The Kier molecular flexibility index (Phi) is 38.3. The van der Waals surface area contributed by atoms with E-state index in [1.807, 2.05) is 102 Å². The molecule has 572 valence electrons. The molecule has 2 amide bonds. The van der Waals surface area contributed by atoms with Crippen LogP contribution < -0.4 is 16.4 Å². The number of hydrogen-bond donors (Lipinski definition) is 2. The number of rotatable bonds is 16. The van der Waals surface area contributed by atoms with Gasteiger partial charge in [0.15, 0.2) is 25.4 Å². The van der Waals surface area contributed by atoms with Crippen LogP contribution in [-0.4, -0.2) is 65.3 Å². The molecule has 7 aromatic carbocycles. The van der Waals surface area contributed by atoms with Gasteiger partial charge in [-0.1, -0.05) is 184 Å². The van der Waals surface area contributed by atoms with E-state index in [2.05, 4.69) is 68.6 Å². The van der Waals surface area contributed by atoms with Crippen molar-refractivity contribution < 1.29 is 66.7 Å². The molecule has 0 aliphatic carbocycles. The molecule has 1 saturated heterocycles. The van der Waals surface area contributed by atoms with Crippen LogP contribution in [0.5, 0.6) is 0 Å². The number of hydrogen-bond acceptors (Lipinski definition) is 9. The van der Waals surface area contributed by atoms with Crippen LogP contribution in [0.4, 0.5) is 42.1 Å². The third kappa shape index (κ3) is 31.5. The SMILES string of the molecule is C.CC(C)c1cc(F)cc(C(N)=O)c1.CC(C)c1cc(F)cc(N2CCCC2)c1.CC(C)c1ccc(F)cc1C(N)=O.CC(C)c1cccc(S(C)(=O)=O)c1F.CCS(=O)(=O)c1ccccc1C(C)C.Cc1ccc(CCC(=O)OC(C)(C)C)c(C(C)C)c1.[C-]#[N+]c1cc(C(F)(F)F)ccc1C(C)C. The fourth-order valence-electron chi connectivity index (χ4n) is 10.5. The topological polar surface area (TPSA) is 188 Å². The Morgan fingerprint density at radius 1 is 0.558 bits per heavy atom. The number of carbonyl (C=O) groups excluding carboxylic acids is 3. The minimum Gasteiger partial charge on any atom is -0.460 e. The second kappa shape index (κ2) is 42.6. The number of esters is 1. The monoisotopic (exact) mass is 1490 g/mol. The van der Waals surface area contributed by atoms with Gasteiger partial charge in [-0.05, 0) is 200 Å². The van der Waals surface area contributed by atoms with Gasteiger partial charge in [0.25, 0.3) is 0 Å². The van der Waals surface area contributed by atoms with Crippen LogP contribution in [0.3, 0.4) is 0 Å². The summed E-state index contributed by atoms with van der Waals surface area (Å²) in [4.78, 5) is 39.1. The highest BCUT2D eigenvalue weighted by molar-refractivity contribution is 7.91. The van der Waals surface area contributed by atoms with Gasteiger partial charge in [0.2, 0.25) is 11.8 Å². The first-order chi connectivity index (χ1) is 47.6. The summed E-state index contributed by atoms with van der Waals surface area (Å²) < 4.78 is 141. The van der Waals surface area contributed by atoms with Crippen LogP contribution in [0.25, 0.3) is 4.85 Å². The molecule has 0 aromatic heterocycles. The number of carbonyl (C=O) groups is 3. The lowest BCUT2D eigenvalue weighted by Gasteiger charge is -2.20. The van der Waals surface area contributed by atoms with E-state index in [1.54, 1.807) is 55.5 Å². The van der Waals surface area contributed by atoms with E-state index in [0.717, 1.165) is 71.9 Å². The van der Waals surface area contributed by atoms with Gasteiger partial charge in [-0.2, -0.15) is 13.2 Å². The lowest BCUT2D eigenvalue weighted by molar-refractivity contribution is -0.154. The zero-order valence-corrected chi connectivity index (χ0v) is 65.1. The quantitative estimate of drug-likeness (QED) is 0.0539. The fraction of sp³-hybridized carbons (Fsp3) is 0.446. The van der Waals surface area contributed by atoms with Crippen LogP contribution in [0.2, 0.25) is 0 Å². The summed E-state index contributed by atoms with van der Waals surface area (Å²) in [6.45, 7) is 46.1. The van der Waals surface area contributed by atoms with E-state index in [1.165, 1.54) is 59.9 Å². The molecule has 104 heavy (non-hydrogen) atoms. The second-order valence-electron chi connectivity index (χ2n) is 28.3. The smallest absolute Gasteiger partial charge is 0.415 e. The molecule has 0 saturated carbocycles. The molecular formula is C83H111F7N4O8S2. The Morgan fingerprint density at radius 2 is 1.06 bits per heavy atom. The van der Waals surface area contributed by atoms with Gasteiger partial charge in [0.1, 0.15) is 33.8 Å². The van der Waals surface area contributed by atoms with Crippen molar-refractivity contribution in [3.63, 3.8) is 0 Å². The minimum absolute atomic E-state index is 0. The average Bonchev–Trinajstić information content (AvgIpc) is 0.956. The Labute approximate surface area is 616 Å². The van der Waals surface area contributed by atoms with Gasteiger partial charge in [0, 0.05) is 48.1 Å². The van der Waals surface area contributed by atoms with Crippen LogP contribution >= 0.6 is 0 Å². The second-order valence-corrected chi connectivity index (χ2v) is 32.5. The van der Waals surface area contributed by atoms with Crippen LogP contribution in [-0.2, 0) is 41.8 Å². The predicted molar refractivity (Wildman–Crippen MR) is 410 cm³/mol. The number of benzene rings is 7. The minimum atomic E-state index is -4.38. The molecule has 0 spiro atoms. The molecular weight excluding hydrogens is 1380 g/mol. The average molecular weight is 1490 g/mol. The Balaban J connectivity index is 0.000000608. The highest BCUT2D eigenvalue weighted by Crippen LogP contribution is 2.36. The first-order valence-corrected chi connectivity index (χ1v) is 38.1. The fourth-order valence-corrected chi connectivity index (χ4v) is 12.5. The Bertz CT molecular complexity index is 4210. The third-order valence-corrected chi connectivity index (χ3v) is 19.0. The molecule has 1 aliphatic rings. The highest BCUT2D eigenvalue weighted by atomic mass is 32.2.